The molecule has 2 aromatic heterocycles. The van der Waals surface area contributed by atoms with Gasteiger partial charge in [-0.05, 0) is 11.4 Å². The molecule has 0 unspecified atom stereocenters. The minimum atomic E-state index is 0.782. The summed E-state index contributed by atoms with van der Waals surface area (Å²) < 4.78 is 0. The topological polar surface area (TPSA) is 61.3 Å². The number of oxime groups is 1. The average Bonchev–Trinajstić information content (AvgIpc) is 2.71. The van der Waals surface area contributed by atoms with Gasteiger partial charge >= 0.3 is 0 Å². The van der Waals surface area contributed by atoms with Crippen LogP contribution in [0.25, 0.3) is 10.6 Å². The molecule has 5 heteroatoms. The lowest BCUT2D eigenvalue weighted by Crippen LogP contribution is -1.81. The molecule has 2 heterocycles. The van der Waals surface area contributed by atoms with Crippen LogP contribution < -0.4 is 0 Å². The molecule has 0 spiro atoms. The van der Waals surface area contributed by atoms with Crippen LogP contribution in [0.5, 0.6) is 0 Å². The molecule has 66 valence electrons. The van der Waals surface area contributed by atoms with Crippen molar-refractivity contribution in [3.05, 3.63) is 29.3 Å². The zero-order valence-corrected chi connectivity index (χ0v) is 7.45. The molecular weight excluding hydrogens is 186 g/mol. The molecule has 0 bridgehead atoms. The second-order valence-electron chi connectivity index (χ2n) is 2.42. The highest BCUT2D eigenvalue weighted by molar-refractivity contribution is 7.13. The number of hydrogen-bond acceptors (Lipinski definition) is 4. The van der Waals surface area contributed by atoms with Crippen molar-refractivity contribution in [2.45, 2.75) is 0 Å². The van der Waals surface area contributed by atoms with Crippen LogP contribution in [0.1, 0.15) is 5.56 Å². The van der Waals surface area contributed by atoms with Crippen LogP contribution in [0.15, 0.2) is 28.9 Å². The lowest BCUT2D eigenvalue weighted by Gasteiger charge is -1.91. The Bertz CT molecular complexity index is 405. The summed E-state index contributed by atoms with van der Waals surface area (Å²) in [5.41, 5.74) is 1.66. The Balaban J connectivity index is 2.46. The van der Waals surface area contributed by atoms with E-state index in [1.807, 2.05) is 17.5 Å². The molecule has 13 heavy (non-hydrogen) atoms. The first-order chi connectivity index (χ1) is 6.42. The molecular formula is C8H7N3OS. The Kier molecular flexibility index (Phi) is 2.09. The van der Waals surface area contributed by atoms with Gasteiger partial charge in [0.25, 0.3) is 0 Å². The second kappa shape index (κ2) is 3.40. The average molecular weight is 193 g/mol. The van der Waals surface area contributed by atoms with Gasteiger partial charge in [-0.2, -0.15) is 5.10 Å². The van der Waals surface area contributed by atoms with Gasteiger partial charge in [-0.1, -0.05) is 11.2 Å². The van der Waals surface area contributed by atoms with E-state index < -0.39 is 0 Å². The maximum absolute atomic E-state index is 8.39. The summed E-state index contributed by atoms with van der Waals surface area (Å²) in [7, 11) is 0. The van der Waals surface area contributed by atoms with E-state index in [-0.39, 0.29) is 0 Å². The van der Waals surface area contributed by atoms with Crippen LogP contribution in [0.3, 0.4) is 0 Å². The van der Waals surface area contributed by atoms with Gasteiger partial charge in [0, 0.05) is 5.56 Å². The highest BCUT2D eigenvalue weighted by atomic mass is 32.1. The SMILES string of the molecule is O/N=C\c1cn[nH]c1-c1cccs1. The normalized spacial score (nSPS) is 11.1. The number of aromatic nitrogens is 2. The molecule has 0 radical (unpaired) electrons. The number of thiophene rings is 1. The number of H-pyrrole nitrogens is 1. The Morgan fingerprint density at radius 3 is 3.23 bits per heavy atom. The van der Waals surface area contributed by atoms with E-state index in [1.54, 1.807) is 17.5 Å². The third kappa shape index (κ3) is 1.46. The fourth-order valence-corrected chi connectivity index (χ4v) is 1.82. The smallest absolute Gasteiger partial charge is 0.0839 e. The van der Waals surface area contributed by atoms with Gasteiger partial charge in [0.15, 0.2) is 0 Å². The maximum Gasteiger partial charge on any atom is 0.0839 e. The van der Waals surface area contributed by atoms with Crippen LogP contribution >= 0.6 is 11.3 Å². The van der Waals surface area contributed by atoms with Crippen LogP contribution in [0.2, 0.25) is 0 Å². The Morgan fingerprint density at radius 2 is 2.54 bits per heavy atom. The minimum absolute atomic E-state index is 0.782. The van der Waals surface area contributed by atoms with Gasteiger partial charge in [0.1, 0.15) is 0 Å². The molecule has 2 aromatic rings. The molecule has 2 rings (SSSR count). The first kappa shape index (κ1) is 8.00. The summed E-state index contributed by atoms with van der Waals surface area (Å²) in [5.74, 6) is 0. The summed E-state index contributed by atoms with van der Waals surface area (Å²) in [5, 5.41) is 20.1. The van der Waals surface area contributed by atoms with Gasteiger partial charge in [0.05, 0.1) is 23.0 Å². The van der Waals surface area contributed by atoms with Crippen LogP contribution in [-0.4, -0.2) is 21.6 Å². The molecule has 2 N–H and O–H groups in total. The predicted octanol–water partition coefficient (Wildman–Crippen LogP) is 1.95. The van der Waals surface area contributed by atoms with Crippen LogP contribution in [0, 0.1) is 0 Å². The Hall–Kier alpha value is -1.62. The van der Waals surface area contributed by atoms with E-state index in [4.69, 9.17) is 5.21 Å². The van der Waals surface area contributed by atoms with Gasteiger partial charge in [0.2, 0.25) is 0 Å². The van der Waals surface area contributed by atoms with Crippen molar-refractivity contribution >= 4 is 17.6 Å². The molecule has 0 aliphatic rings. The number of rotatable bonds is 2. The van der Waals surface area contributed by atoms with Gasteiger partial charge in [-0.25, -0.2) is 0 Å². The van der Waals surface area contributed by atoms with Crippen LogP contribution in [0.4, 0.5) is 0 Å². The van der Waals surface area contributed by atoms with E-state index in [1.165, 1.54) is 6.21 Å². The highest BCUT2D eigenvalue weighted by Crippen LogP contribution is 2.24. The molecule has 0 fully saturated rings. The monoisotopic (exact) mass is 193 g/mol. The maximum atomic E-state index is 8.39. The molecule has 0 aromatic carbocycles. The molecule has 0 saturated carbocycles. The third-order valence-corrected chi connectivity index (χ3v) is 2.52. The fourth-order valence-electron chi connectivity index (χ4n) is 1.07. The zero-order valence-electron chi connectivity index (χ0n) is 6.64. The van der Waals surface area contributed by atoms with Crippen molar-refractivity contribution in [1.29, 1.82) is 0 Å². The van der Waals surface area contributed by atoms with Crippen molar-refractivity contribution < 1.29 is 5.21 Å². The largest absolute Gasteiger partial charge is 0.411 e. The quantitative estimate of drug-likeness (QED) is 0.435. The van der Waals surface area contributed by atoms with Crippen LogP contribution in [-0.2, 0) is 0 Å². The number of nitrogens with zero attached hydrogens (tertiary/aromatic N) is 2. The number of nitrogens with one attached hydrogen (secondary N) is 1. The Labute approximate surface area is 78.5 Å². The molecule has 0 aliphatic heterocycles. The summed E-state index contributed by atoms with van der Waals surface area (Å²) in [6, 6.07) is 3.94. The number of aromatic amines is 1. The van der Waals surface area contributed by atoms with Gasteiger partial charge in [-0.15, -0.1) is 11.3 Å². The van der Waals surface area contributed by atoms with Crippen molar-refractivity contribution in [3.8, 4) is 10.6 Å². The standard InChI is InChI=1S/C8H7N3OS/c12-10-5-6-4-9-11-8(6)7-2-1-3-13-7/h1-5,12H,(H,9,11)/b10-5-. The summed E-state index contributed by atoms with van der Waals surface area (Å²) in [4.78, 5) is 1.08. The van der Waals surface area contributed by atoms with E-state index in [2.05, 4.69) is 15.4 Å². The lowest BCUT2D eigenvalue weighted by atomic mass is 10.2. The second-order valence-corrected chi connectivity index (χ2v) is 3.37. The van der Waals surface area contributed by atoms with E-state index in [0.29, 0.717) is 0 Å². The number of hydrogen-bond donors (Lipinski definition) is 2. The van der Waals surface area contributed by atoms with Crippen molar-refractivity contribution in [2.75, 3.05) is 0 Å². The van der Waals surface area contributed by atoms with E-state index in [0.717, 1.165) is 16.1 Å². The van der Waals surface area contributed by atoms with Gasteiger partial charge < -0.3 is 5.21 Å². The van der Waals surface area contributed by atoms with Crippen molar-refractivity contribution in [2.24, 2.45) is 5.16 Å². The van der Waals surface area contributed by atoms with Crippen molar-refractivity contribution in [3.63, 3.8) is 0 Å². The molecule has 0 saturated heterocycles. The lowest BCUT2D eigenvalue weighted by molar-refractivity contribution is 0.322. The highest BCUT2D eigenvalue weighted by Gasteiger charge is 2.05. The van der Waals surface area contributed by atoms with E-state index in [9.17, 15) is 0 Å². The van der Waals surface area contributed by atoms with Gasteiger partial charge in [-0.3, -0.25) is 5.10 Å². The van der Waals surface area contributed by atoms with E-state index >= 15 is 0 Å². The Morgan fingerprint density at radius 1 is 1.62 bits per heavy atom. The third-order valence-electron chi connectivity index (χ3n) is 1.63. The van der Waals surface area contributed by atoms with Crippen molar-refractivity contribution in [1.82, 2.24) is 10.2 Å². The predicted molar refractivity (Wildman–Crippen MR) is 51.3 cm³/mol. The molecule has 0 aliphatic carbocycles. The summed E-state index contributed by atoms with van der Waals surface area (Å²) in [6.45, 7) is 0. The minimum Gasteiger partial charge on any atom is -0.411 e. The fraction of sp³-hybridized carbons (Fsp3) is 0. The molecule has 4 nitrogen and oxygen atoms in total. The summed E-state index contributed by atoms with van der Waals surface area (Å²) >= 11 is 1.61. The first-order valence-electron chi connectivity index (χ1n) is 3.66. The first-order valence-corrected chi connectivity index (χ1v) is 4.54. The molecule has 0 atom stereocenters. The zero-order chi connectivity index (χ0) is 9.10. The molecule has 0 amide bonds. The summed E-state index contributed by atoms with van der Waals surface area (Å²) in [6.07, 6.45) is 2.98.